The third-order valence-electron chi connectivity index (χ3n) is 7.00. The molecule has 0 aliphatic rings. The molecule has 2 N–H and O–H groups in total. The van der Waals surface area contributed by atoms with E-state index in [1.165, 1.54) is 11.0 Å². The van der Waals surface area contributed by atoms with Crippen LogP contribution in [-0.2, 0) is 30.3 Å². The van der Waals surface area contributed by atoms with Crippen LogP contribution in [0.1, 0.15) is 90.1 Å². The van der Waals surface area contributed by atoms with E-state index in [2.05, 4.69) is 17.2 Å². The van der Waals surface area contributed by atoms with E-state index in [0.29, 0.717) is 12.0 Å². The van der Waals surface area contributed by atoms with Crippen LogP contribution in [0.5, 0.6) is 0 Å². The van der Waals surface area contributed by atoms with E-state index >= 15 is 0 Å². The van der Waals surface area contributed by atoms with Crippen LogP contribution in [0, 0.1) is 19.8 Å². The van der Waals surface area contributed by atoms with Gasteiger partial charge in [-0.3, -0.25) is 9.59 Å². The van der Waals surface area contributed by atoms with Gasteiger partial charge in [-0.1, -0.05) is 68.5 Å². The van der Waals surface area contributed by atoms with Gasteiger partial charge >= 0.3 is 12.1 Å². The highest BCUT2D eigenvalue weighted by atomic mass is 16.6. The van der Waals surface area contributed by atoms with Crippen LogP contribution in [0.2, 0.25) is 0 Å². The van der Waals surface area contributed by atoms with Gasteiger partial charge in [0.05, 0.1) is 0 Å². The standard InChI is InChI=1S/C37H53N3O6/c1-12-20-40(33(42)29(21-24(2)3)39-35(44)46-37(9,10)11)31(28-19-18-25(4)26(5)22-28)32(41)38-30(34(43)45-36(6,7)8)23-27-16-14-13-15-17-27/h12-19,22,24,29-31H,1,20-21,23H2,2-11H3,(H,38,41)(H,39,44). The van der Waals surface area contributed by atoms with Gasteiger partial charge in [-0.05, 0) is 90.0 Å². The summed E-state index contributed by atoms with van der Waals surface area (Å²) in [5.74, 6) is -1.60. The molecule has 0 aromatic heterocycles. The van der Waals surface area contributed by atoms with Gasteiger partial charge in [-0.25, -0.2) is 9.59 Å². The Morgan fingerprint density at radius 2 is 1.46 bits per heavy atom. The number of aryl methyl sites for hydroxylation is 2. The zero-order valence-corrected chi connectivity index (χ0v) is 29.2. The van der Waals surface area contributed by atoms with Gasteiger partial charge in [-0.15, -0.1) is 6.58 Å². The highest BCUT2D eigenvalue weighted by Crippen LogP contribution is 2.26. The number of hydrogen-bond donors (Lipinski definition) is 2. The van der Waals surface area contributed by atoms with Crippen LogP contribution in [0.3, 0.4) is 0 Å². The molecule has 2 aromatic carbocycles. The lowest BCUT2D eigenvalue weighted by atomic mass is 9.96. The van der Waals surface area contributed by atoms with E-state index < -0.39 is 53.2 Å². The van der Waals surface area contributed by atoms with Crippen molar-refractivity contribution >= 4 is 23.9 Å². The molecule has 2 aromatic rings. The van der Waals surface area contributed by atoms with Crippen molar-refractivity contribution in [3.8, 4) is 0 Å². The largest absolute Gasteiger partial charge is 0.458 e. The number of hydrogen-bond acceptors (Lipinski definition) is 6. The third-order valence-corrected chi connectivity index (χ3v) is 7.00. The van der Waals surface area contributed by atoms with Gasteiger partial charge in [0.25, 0.3) is 0 Å². The average Bonchev–Trinajstić information content (AvgIpc) is 2.92. The highest BCUT2D eigenvalue weighted by molar-refractivity contribution is 5.94. The molecule has 0 spiro atoms. The maximum Gasteiger partial charge on any atom is 0.408 e. The summed E-state index contributed by atoms with van der Waals surface area (Å²) in [6.45, 7) is 22.2. The van der Waals surface area contributed by atoms with E-state index in [0.717, 1.165) is 16.7 Å². The van der Waals surface area contributed by atoms with Crippen molar-refractivity contribution in [3.63, 3.8) is 0 Å². The van der Waals surface area contributed by atoms with E-state index in [1.807, 2.05) is 70.2 Å². The molecule has 0 bridgehead atoms. The summed E-state index contributed by atoms with van der Waals surface area (Å²) in [7, 11) is 0. The molecule has 252 valence electrons. The van der Waals surface area contributed by atoms with E-state index in [-0.39, 0.29) is 18.9 Å². The zero-order chi connectivity index (χ0) is 34.8. The molecule has 0 fully saturated rings. The lowest BCUT2D eigenvalue weighted by Crippen LogP contribution is -2.55. The molecule has 0 radical (unpaired) electrons. The first-order valence-electron chi connectivity index (χ1n) is 15.9. The van der Waals surface area contributed by atoms with Gasteiger partial charge in [0.1, 0.15) is 29.3 Å². The molecule has 3 amide bonds. The monoisotopic (exact) mass is 635 g/mol. The van der Waals surface area contributed by atoms with Crippen LogP contribution in [0.25, 0.3) is 0 Å². The smallest absolute Gasteiger partial charge is 0.408 e. The van der Waals surface area contributed by atoms with E-state index in [1.54, 1.807) is 47.6 Å². The normalized spacial score (nSPS) is 13.6. The molecule has 9 nitrogen and oxygen atoms in total. The molecule has 9 heteroatoms. The van der Waals surface area contributed by atoms with Crippen molar-refractivity contribution in [1.29, 1.82) is 0 Å². The predicted octanol–water partition coefficient (Wildman–Crippen LogP) is 6.37. The molecule has 0 saturated heterocycles. The lowest BCUT2D eigenvalue weighted by molar-refractivity contribution is -0.159. The Bertz CT molecular complexity index is 1360. The Morgan fingerprint density at radius 3 is 1.98 bits per heavy atom. The molecule has 0 aliphatic carbocycles. The van der Waals surface area contributed by atoms with E-state index in [4.69, 9.17) is 9.47 Å². The van der Waals surface area contributed by atoms with Crippen molar-refractivity contribution in [2.24, 2.45) is 5.92 Å². The zero-order valence-electron chi connectivity index (χ0n) is 29.2. The van der Waals surface area contributed by atoms with Crippen molar-refractivity contribution in [1.82, 2.24) is 15.5 Å². The number of amides is 3. The SMILES string of the molecule is C=CCN(C(=O)C(CC(C)C)NC(=O)OC(C)(C)C)C(C(=O)NC(Cc1ccccc1)C(=O)OC(C)(C)C)c1ccc(C)c(C)c1. The van der Waals surface area contributed by atoms with Gasteiger partial charge in [0.15, 0.2) is 0 Å². The number of rotatable bonds is 13. The Hall–Kier alpha value is -4.14. The summed E-state index contributed by atoms with van der Waals surface area (Å²) in [5, 5.41) is 5.65. The second-order valence-corrected chi connectivity index (χ2v) is 14.1. The fourth-order valence-corrected chi connectivity index (χ4v) is 4.88. The first-order chi connectivity index (χ1) is 21.3. The quantitative estimate of drug-likeness (QED) is 0.195. The van der Waals surface area contributed by atoms with Crippen LogP contribution in [-0.4, -0.2) is 58.6 Å². The minimum Gasteiger partial charge on any atom is -0.458 e. The minimum atomic E-state index is -1.15. The summed E-state index contributed by atoms with van der Waals surface area (Å²) >= 11 is 0. The molecule has 0 heterocycles. The Morgan fingerprint density at radius 1 is 0.848 bits per heavy atom. The summed E-state index contributed by atoms with van der Waals surface area (Å²) in [4.78, 5) is 56.5. The molecule has 2 rings (SSSR count). The summed E-state index contributed by atoms with van der Waals surface area (Å²) in [6.07, 6.45) is 1.30. The molecular formula is C37H53N3O6. The second-order valence-electron chi connectivity index (χ2n) is 14.1. The molecule has 0 saturated carbocycles. The Kier molecular flexibility index (Phi) is 13.6. The summed E-state index contributed by atoms with van der Waals surface area (Å²) in [5.41, 5.74) is 1.78. The topological polar surface area (TPSA) is 114 Å². The molecular weight excluding hydrogens is 582 g/mol. The molecule has 3 unspecified atom stereocenters. The number of benzene rings is 2. The number of ether oxygens (including phenoxy) is 2. The predicted molar refractivity (Wildman–Crippen MR) is 181 cm³/mol. The molecule has 46 heavy (non-hydrogen) atoms. The first-order valence-corrected chi connectivity index (χ1v) is 15.9. The molecule has 3 atom stereocenters. The van der Waals surface area contributed by atoms with Crippen molar-refractivity contribution < 1.29 is 28.7 Å². The lowest BCUT2D eigenvalue weighted by Gasteiger charge is -2.35. The molecule has 0 aliphatic heterocycles. The number of nitrogens with zero attached hydrogens (tertiary/aromatic N) is 1. The van der Waals surface area contributed by atoms with Gasteiger partial charge in [0, 0.05) is 13.0 Å². The third kappa shape index (κ3) is 12.3. The highest BCUT2D eigenvalue weighted by Gasteiger charge is 2.38. The number of carbonyl (C=O) groups excluding carboxylic acids is 4. The minimum absolute atomic E-state index is 0.00419. The van der Waals surface area contributed by atoms with E-state index in [9.17, 15) is 19.2 Å². The maximum atomic E-state index is 14.4. The van der Waals surface area contributed by atoms with Crippen LogP contribution in [0.15, 0.2) is 61.2 Å². The van der Waals surface area contributed by atoms with Gasteiger partial charge < -0.3 is 25.0 Å². The van der Waals surface area contributed by atoms with Crippen molar-refractivity contribution in [2.45, 2.75) is 111 Å². The second kappa shape index (κ2) is 16.4. The number of esters is 1. The Balaban J connectivity index is 2.62. The van der Waals surface area contributed by atoms with Crippen LogP contribution < -0.4 is 10.6 Å². The van der Waals surface area contributed by atoms with Crippen LogP contribution >= 0.6 is 0 Å². The van der Waals surface area contributed by atoms with Gasteiger partial charge in [-0.2, -0.15) is 0 Å². The number of carbonyl (C=O) groups is 4. The first kappa shape index (κ1) is 38.0. The number of nitrogens with one attached hydrogen (secondary N) is 2. The average molecular weight is 636 g/mol. The number of alkyl carbamates (subject to hydrolysis) is 1. The Labute approximate surface area is 275 Å². The summed E-state index contributed by atoms with van der Waals surface area (Å²) < 4.78 is 11.2. The van der Waals surface area contributed by atoms with Crippen molar-refractivity contribution in [2.75, 3.05) is 6.54 Å². The van der Waals surface area contributed by atoms with Crippen molar-refractivity contribution in [3.05, 3.63) is 83.4 Å². The summed E-state index contributed by atoms with van der Waals surface area (Å²) in [6, 6.07) is 11.7. The fourth-order valence-electron chi connectivity index (χ4n) is 4.88. The maximum absolute atomic E-state index is 14.4. The van der Waals surface area contributed by atoms with Crippen LogP contribution in [0.4, 0.5) is 4.79 Å². The fraction of sp³-hybridized carbons (Fsp3) is 0.514. The van der Waals surface area contributed by atoms with Gasteiger partial charge in [0.2, 0.25) is 11.8 Å².